The number of methoxy groups -OCH3 is 1. The van der Waals surface area contributed by atoms with Crippen molar-refractivity contribution in [2.45, 2.75) is 37.9 Å². The van der Waals surface area contributed by atoms with Crippen molar-refractivity contribution in [3.05, 3.63) is 64.8 Å². The summed E-state index contributed by atoms with van der Waals surface area (Å²) in [5.74, 6) is 0.620. The fraction of sp³-hybridized carbons (Fsp3) is 0.350. The Balaban J connectivity index is 1.60. The van der Waals surface area contributed by atoms with E-state index < -0.39 is 0 Å². The summed E-state index contributed by atoms with van der Waals surface area (Å²) in [4.78, 5) is 6.82. The lowest BCUT2D eigenvalue weighted by molar-refractivity contribution is 0.203. The molecular weight excluding hydrogens is 320 g/mol. The van der Waals surface area contributed by atoms with Gasteiger partial charge in [0.2, 0.25) is 5.88 Å². The highest BCUT2D eigenvalue weighted by molar-refractivity contribution is 6.32. The van der Waals surface area contributed by atoms with Crippen molar-refractivity contribution in [2.24, 2.45) is 0 Å². The minimum Gasteiger partial charge on any atom is -0.481 e. The summed E-state index contributed by atoms with van der Waals surface area (Å²) in [5, 5.41) is 0.706. The van der Waals surface area contributed by atoms with Crippen molar-refractivity contribution >= 4 is 17.2 Å². The number of benzene rings is 1. The molecule has 2 aromatic rings. The summed E-state index contributed by atoms with van der Waals surface area (Å²) < 4.78 is 5.26. The fourth-order valence-corrected chi connectivity index (χ4v) is 4.16. The Morgan fingerprint density at radius 3 is 2.83 bits per heavy atom. The Labute approximate surface area is 147 Å². The Bertz CT molecular complexity index is 759. The zero-order valence-electron chi connectivity index (χ0n) is 13.8. The first kappa shape index (κ1) is 15.7. The number of hydrogen-bond donors (Lipinski definition) is 0. The van der Waals surface area contributed by atoms with Crippen molar-refractivity contribution < 1.29 is 4.74 Å². The molecule has 0 N–H and O–H groups in total. The van der Waals surface area contributed by atoms with Gasteiger partial charge in [-0.25, -0.2) is 4.98 Å². The predicted octanol–water partition coefficient (Wildman–Crippen LogP) is 4.56. The van der Waals surface area contributed by atoms with Gasteiger partial charge in [-0.2, -0.15) is 0 Å². The highest BCUT2D eigenvalue weighted by atomic mass is 35.5. The van der Waals surface area contributed by atoms with Gasteiger partial charge in [-0.05, 0) is 30.4 Å². The molecule has 1 aromatic heterocycles. The molecule has 2 aliphatic heterocycles. The third-order valence-electron chi connectivity index (χ3n) is 5.13. The third kappa shape index (κ3) is 2.94. The van der Waals surface area contributed by atoms with E-state index in [1.54, 1.807) is 13.3 Å². The summed E-state index contributed by atoms with van der Waals surface area (Å²) in [5.41, 5.74) is 3.78. The molecule has 3 nitrogen and oxygen atoms in total. The van der Waals surface area contributed by atoms with E-state index in [0.29, 0.717) is 23.0 Å². The maximum absolute atomic E-state index is 6.40. The number of pyridine rings is 1. The van der Waals surface area contributed by atoms with E-state index in [-0.39, 0.29) is 0 Å². The van der Waals surface area contributed by atoms with Crippen LogP contribution in [0, 0.1) is 0 Å². The first-order valence-corrected chi connectivity index (χ1v) is 8.82. The van der Waals surface area contributed by atoms with Gasteiger partial charge in [-0.3, -0.25) is 4.90 Å². The second-order valence-electron chi connectivity index (χ2n) is 6.56. The zero-order valence-corrected chi connectivity index (χ0v) is 14.5. The minimum atomic E-state index is 0.495. The number of nitrogens with zero attached hydrogens (tertiary/aromatic N) is 2. The molecular formula is C20H21ClN2O. The molecule has 0 saturated carbocycles. The Morgan fingerprint density at radius 2 is 2.08 bits per heavy atom. The average molecular weight is 341 g/mol. The van der Waals surface area contributed by atoms with E-state index in [0.717, 1.165) is 18.5 Å². The minimum absolute atomic E-state index is 0.495. The Morgan fingerprint density at radius 1 is 1.25 bits per heavy atom. The highest BCUT2D eigenvalue weighted by Crippen LogP contribution is 2.41. The smallest absolute Gasteiger partial charge is 0.213 e. The molecule has 0 spiro atoms. The Hall–Kier alpha value is -1.84. The first-order valence-electron chi connectivity index (χ1n) is 8.45. The molecule has 124 valence electrons. The van der Waals surface area contributed by atoms with Crippen LogP contribution in [-0.2, 0) is 6.54 Å². The van der Waals surface area contributed by atoms with Gasteiger partial charge in [0, 0.05) is 30.3 Å². The molecule has 2 unspecified atom stereocenters. The molecule has 0 amide bonds. The lowest BCUT2D eigenvalue weighted by Crippen LogP contribution is -2.37. The van der Waals surface area contributed by atoms with Gasteiger partial charge < -0.3 is 4.74 Å². The normalized spacial score (nSPS) is 23.2. The van der Waals surface area contributed by atoms with Crippen LogP contribution in [0.1, 0.15) is 30.4 Å². The second kappa shape index (κ2) is 6.58. The Kier molecular flexibility index (Phi) is 4.30. The van der Waals surface area contributed by atoms with Crippen LogP contribution in [0.2, 0.25) is 5.02 Å². The molecule has 4 heteroatoms. The summed E-state index contributed by atoms with van der Waals surface area (Å²) in [7, 11) is 1.64. The quantitative estimate of drug-likeness (QED) is 0.815. The van der Waals surface area contributed by atoms with Gasteiger partial charge in [0.15, 0.2) is 0 Å². The molecule has 1 saturated heterocycles. The molecule has 4 rings (SSSR count). The predicted molar refractivity (Wildman–Crippen MR) is 97.2 cm³/mol. The number of ether oxygens (including phenoxy) is 1. The van der Waals surface area contributed by atoms with Crippen molar-refractivity contribution in [2.75, 3.05) is 7.11 Å². The number of hydrogen-bond acceptors (Lipinski definition) is 3. The van der Waals surface area contributed by atoms with Crippen LogP contribution in [0.5, 0.6) is 5.88 Å². The van der Waals surface area contributed by atoms with Gasteiger partial charge in [0.25, 0.3) is 0 Å². The van der Waals surface area contributed by atoms with E-state index in [1.807, 2.05) is 6.07 Å². The van der Waals surface area contributed by atoms with Crippen molar-refractivity contribution in [1.29, 1.82) is 0 Å². The molecule has 24 heavy (non-hydrogen) atoms. The van der Waals surface area contributed by atoms with Crippen molar-refractivity contribution in [3.8, 4) is 5.88 Å². The zero-order chi connectivity index (χ0) is 16.5. The van der Waals surface area contributed by atoms with Gasteiger partial charge in [0.1, 0.15) is 0 Å². The first-order chi connectivity index (χ1) is 11.7. The number of fused-ring (bicyclic) bond motifs is 2. The van der Waals surface area contributed by atoms with E-state index in [2.05, 4.69) is 46.3 Å². The molecule has 1 aromatic carbocycles. The number of halogens is 1. The van der Waals surface area contributed by atoms with Crippen LogP contribution in [-0.4, -0.2) is 29.1 Å². The fourth-order valence-electron chi connectivity index (χ4n) is 3.94. The SMILES string of the molecule is COc1cc(C2=CC3CCC(C2)N3Cc2ccccc2)c(Cl)cn1. The largest absolute Gasteiger partial charge is 0.481 e. The molecule has 0 aliphatic carbocycles. The maximum atomic E-state index is 6.40. The number of aromatic nitrogens is 1. The van der Waals surface area contributed by atoms with Crippen LogP contribution in [0.3, 0.4) is 0 Å². The average Bonchev–Trinajstić information content (AvgIpc) is 2.84. The van der Waals surface area contributed by atoms with Gasteiger partial charge in [-0.1, -0.05) is 48.0 Å². The highest BCUT2D eigenvalue weighted by Gasteiger charge is 2.36. The lowest BCUT2D eigenvalue weighted by atomic mass is 9.95. The van der Waals surface area contributed by atoms with E-state index in [4.69, 9.17) is 16.3 Å². The van der Waals surface area contributed by atoms with Gasteiger partial charge in [-0.15, -0.1) is 0 Å². The standard InChI is InChI=1S/C20H21ClN2O/c1-24-20-11-18(19(21)12-22-20)15-9-16-7-8-17(10-15)23(16)13-14-5-3-2-4-6-14/h2-6,9,11-12,16-17H,7-8,10,13H2,1H3. The molecule has 1 fully saturated rings. The maximum Gasteiger partial charge on any atom is 0.213 e. The monoisotopic (exact) mass is 340 g/mol. The topological polar surface area (TPSA) is 25.4 Å². The molecule has 2 aliphatic rings. The second-order valence-corrected chi connectivity index (χ2v) is 6.97. The van der Waals surface area contributed by atoms with Crippen molar-refractivity contribution in [3.63, 3.8) is 0 Å². The molecule has 0 radical (unpaired) electrons. The van der Waals surface area contributed by atoms with Crippen LogP contribution in [0.4, 0.5) is 0 Å². The molecule has 2 atom stereocenters. The van der Waals surface area contributed by atoms with E-state index >= 15 is 0 Å². The third-order valence-corrected chi connectivity index (χ3v) is 5.43. The molecule has 3 heterocycles. The van der Waals surface area contributed by atoms with Crippen LogP contribution >= 0.6 is 11.6 Å². The number of rotatable bonds is 4. The summed E-state index contributed by atoms with van der Waals surface area (Å²) in [6.45, 7) is 1.02. The van der Waals surface area contributed by atoms with Crippen LogP contribution < -0.4 is 4.74 Å². The lowest BCUT2D eigenvalue weighted by Gasteiger charge is -2.34. The van der Waals surface area contributed by atoms with E-state index in [9.17, 15) is 0 Å². The van der Waals surface area contributed by atoms with Crippen LogP contribution in [0.15, 0.2) is 48.7 Å². The summed E-state index contributed by atoms with van der Waals surface area (Å²) >= 11 is 6.40. The summed E-state index contributed by atoms with van der Waals surface area (Å²) in [6.07, 6.45) is 7.59. The van der Waals surface area contributed by atoms with Crippen molar-refractivity contribution in [1.82, 2.24) is 9.88 Å². The van der Waals surface area contributed by atoms with Gasteiger partial charge >= 0.3 is 0 Å². The van der Waals surface area contributed by atoms with E-state index in [1.165, 1.54) is 24.0 Å². The molecule has 2 bridgehead atoms. The van der Waals surface area contributed by atoms with Crippen LogP contribution in [0.25, 0.3) is 5.57 Å². The summed E-state index contributed by atoms with van der Waals surface area (Å²) in [6, 6.07) is 13.8. The van der Waals surface area contributed by atoms with Gasteiger partial charge in [0.05, 0.1) is 18.3 Å².